The monoisotopic (exact) mass is 235 g/mol. The van der Waals surface area contributed by atoms with Crippen molar-refractivity contribution in [3.05, 3.63) is 29.8 Å². The van der Waals surface area contributed by atoms with Crippen molar-refractivity contribution in [1.82, 2.24) is 4.90 Å². The molecule has 1 aromatic carbocycles. The molecular formula is C14H21NO2. The fourth-order valence-corrected chi connectivity index (χ4v) is 2.39. The van der Waals surface area contributed by atoms with Gasteiger partial charge in [-0.2, -0.15) is 0 Å². The number of ether oxygens (including phenoxy) is 1. The van der Waals surface area contributed by atoms with Crippen molar-refractivity contribution < 1.29 is 9.84 Å². The van der Waals surface area contributed by atoms with E-state index in [1.54, 1.807) is 7.11 Å². The molecule has 0 aromatic heterocycles. The average Bonchev–Trinajstić information content (AvgIpc) is 2.39. The molecule has 0 spiro atoms. The largest absolute Gasteiger partial charge is 0.497 e. The van der Waals surface area contributed by atoms with Gasteiger partial charge in [0.05, 0.1) is 13.2 Å². The first-order chi connectivity index (χ1) is 8.20. The van der Waals surface area contributed by atoms with Crippen LogP contribution in [0.1, 0.15) is 31.4 Å². The van der Waals surface area contributed by atoms with E-state index in [0.717, 1.165) is 31.7 Å². The van der Waals surface area contributed by atoms with Gasteiger partial charge in [-0.1, -0.05) is 12.1 Å². The van der Waals surface area contributed by atoms with Gasteiger partial charge in [-0.05, 0) is 37.5 Å². The number of rotatable bonds is 3. The Hall–Kier alpha value is -1.06. The first kappa shape index (κ1) is 12.4. The maximum atomic E-state index is 9.51. The number of nitrogens with zero attached hydrogens (tertiary/aromatic N) is 1. The van der Waals surface area contributed by atoms with E-state index < -0.39 is 0 Å². The summed E-state index contributed by atoms with van der Waals surface area (Å²) >= 11 is 0. The van der Waals surface area contributed by atoms with Crippen LogP contribution in [0.3, 0.4) is 0 Å². The molecule has 1 heterocycles. The Balaban J connectivity index is 2.05. The van der Waals surface area contributed by atoms with Gasteiger partial charge in [0.15, 0.2) is 0 Å². The predicted molar refractivity (Wildman–Crippen MR) is 68.2 cm³/mol. The molecular weight excluding hydrogens is 214 g/mol. The van der Waals surface area contributed by atoms with E-state index >= 15 is 0 Å². The number of benzene rings is 1. The maximum absolute atomic E-state index is 9.51. The standard InChI is InChI=1S/C14H21NO2/c1-11(15-8-6-13(16)7-9-15)12-4-3-5-14(10-12)17-2/h3-5,10-11,13,16H,6-9H2,1-2H3. The zero-order chi connectivity index (χ0) is 12.3. The highest BCUT2D eigenvalue weighted by Gasteiger charge is 2.22. The number of aliphatic hydroxyl groups is 1. The summed E-state index contributed by atoms with van der Waals surface area (Å²) in [6, 6.07) is 8.62. The summed E-state index contributed by atoms with van der Waals surface area (Å²) in [6.07, 6.45) is 1.66. The molecule has 3 heteroatoms. The third kappa shape index (κ3) is 2.99. The Morgan fingerprint density at radius 3 is 2.71 bits per heavy atom. The Kier molecular flexibility index (Phi) is 4.02. The zero-order valence-corrected chi connectivity index (χ0v) is 10.6. The minimum atomic E-state index is -0.108. The Morgan fingerprint density at radius 2 is 2.06 bits per heavy atom. The normalized spacial score (nSPS) is 20.2. The first-order valence-electron chi connectivity index (χ1n) is 6.27. The maximum Gasteiger partial charge on any atom is 0.119 e. The molecule has 0 saturated carbocycles. The summed E-state index contributed by atoms with van der Waals surface area (Å²) < 4.78 is 5.25. The summed E-state index contributed by atoms with van der Waals surface area (Å²) in [5.41, 5.74) is 1.28. The molecule has 0 radical (unpaired) electrons. The van der Waals surface area contributed by atoms with Crippen molar-refractivity contribution >= 4 is 0 Å². The molecule has 94 valence electrons. The smallest absolute Gasteiger partial charge is 0.119 e. The molecule has 1 aromatic rings. The van der Waals surface area contributed by atoms with Crippen LogP contribution in [0.5, 0.6) is 5.75 Å². The van der Waals surface area contributed by atoms with Crippen molar-refractivity contribution in [3.63, 3.8) is 0 Å². The van der Waals surface area contributed by atoms with Crippen molar-refractivity contribution in [2.75, 3.05) is 20.2 Å². The minimum absolute atomic E-state index is 0.108. The van der Waals surface area contributed by atoms with Crippen molar-refractivity contribution in [3.8, 4) is 5.75 Å². The summed E-state index contributed by atoms with van der Waals surface area (Å²) in [6.45, 7) is 4.16. The Morgan fingerprint density at radius 1 is 1.35 bits per heavy atom. The quantitative estimate of drug-likeness (QED) is 0.872. The lowest BCUT2D eigenvalue weighted by Crippen LogP contribution is -2.37. The number of hydrogen-bond acceptors (Lipinski definition) is 3. The molecule has 1 unspecified atom stereocenters. The summed E-state index contributed by atoms with van der Waals surface area (Å²) in [4.78, 5) is 2.42. The van der Waals surface area contributed by atoms with Crippen LogP contribution in [-0.2, 0) is 0 Å². The second-order valence-electron chi connectivity index (χ2n) is 4.72. The highest BCUT2D eigenvalue weighted by Crippen LogP contribution is 2.26. The van der Waals surface area contributed by atoms with Gasteiger partial charge in [0, 0.05) is 19.1 Å². The van der Waals surface area contributed by atoms with Gasteiger partial charge in [0.25, 0.3) is 0 Å². The van der Waals surface area contributed by atoms with Gasteiger partial charge in [0.2, 0.25) is 0 Å². The van der Waals surface area contributed by atoms with Crippen LogP contribution in [0.25, 0.3) is 0 Å². The fraction of sp³-hybridized carbons (Fsp3) is 0.571. The molecule has 1 atom stereocenters. The molecule has 0 bridgehead atoms. The summed E-state index contributed by atoms with van der Waals surface area (Å²) in [5, 5.41) is 9.51. The van der Waals surface area contributed by atoms with Crippen LogP contribution in [-0.4, -0.2) is 36.3 Å². The van der Waals surface area contributed by atoms with Crippen molar-refractivity contribution in [2.24, 2.45) is 0 Å². The molecule has 17 heavy (non-hydrogen) atoms. The van der Waals surface area contributed by atoms with Crippen LogP contribution in [0.4, 0.5) is 0 Å². The number of methoxy groups -OCH3 is 1. The fourth-order valence-electron chi connectivity index (χ4n) is 2.39. The number of likely N-dealkylation sites (tertiary alicyclic amines) is 1. The highest BCUT2D eigenvalue weighted by atomic mass is 16.5. The number of piperidine rings is 1. The molecule has 0 amide bonds. The lowest BCUT2D eigenvalue weighted by Gasteiger charge is -2.34. The van der Waals surface area contributed by atoms with Crippen LogP contribution in [0.2, 0.25) is 0 Å². The molecule has 1 saturated heterocycles. The van der Waals surface area contributed by atoms with E-state index in [2.05, 4.69) is 24.0 Å². The molecule has 0 aliphatic carbocycles. The van der Waals surface area contributed by atoms with E-state index in [1.807, 2.05) is 12.1 Å². The lowest BCUT2D eigenvalue weighted by atomic mass is 10.0. The third-order valence-electron chi connectivity index (χ3n) is 3.62. The molecule has 1 N–H and O–H groups in total. The van der Waals surface area contributed by atoms with Gasteiger partial charge < -0.3 is 9.84 Å². The van der Waals surface area contributed by atoms with Gasteiger partial charge in [-0.3, -0.25) is 4.90 Å². The molecule has 1 fully saturated rings. The van der Waals surface area contributed by atoms with Gasteiger partial charge >= 0.3 is 0 Å². The molecule has 2 rings (SSSR count). The second-order valence-corrected chi connectivity index (χ2v) is 4.72. The molecule has 1 aliphatic rings. The number of hydrogen-bond donors (Lipinski definition) is 1. The lowest BCUT2D eigenvalue weighted by molar-refractivity contribution is 0.0645. The Bertz CT molecular complexity index is 359. The topological polar surface area (TPSA) is 32.7 Å². The van der Waals surface area contributed by atoms with Gasteiger partial charge in [0.1, 0.15) is 5.75 Å². The minimum Gasteiger partial charge on any atom is -0.497 e. The third-order valence-corrected chi connectivity index (χ3v) is 3.62. The first-order valence-corrected chi connectivity index (χ1v) is 6.27. The van der Waals surface area contributed by atoms with E-state index in [-0.39, 0.29) is 6.10 Å². The van der Waals surface area contributed by atoms with Crippen molar-refractivity contribution in [1.29, 1.82) is 0 Å². The summed E-state index contributed by atoms with van der Waals surface area (Å²) in [7, 11) is 1.70. The van der Waals surface area contributed by atoms with Crippen LogP contribution < -0.4 is 4.74 Å². The highest BCUT2D eigenvalue weighted by molar-refractivity contribution is 5.30. The van der Waals surface area contributed by atoms with Crippen LogP contribution in [0.15, 0.2) is 24.3 Å². The van der Waals surface area contributed by atoms with E-state index in [9.17, 15) is 5.11 Å². The molecule has 3 nitrogen and oxygen atoms in total. The van der Waals surface area contributed by atoms with E-state index in [1.165, 1.54) is 5.56 Å². The predicted octanol–water partition coefficient (Wildman–Crippen LogP) is 2.21. The van der Waals surface area contributed by atoms with Crippen LogP contribution >= 0.6 is 0 Å². The van der Waals surface area contributed by atoms with Gasteiger partial charge in [-0.15, -0.1) is 0 Å². The SMILES string of the molecule is COc1cccc(C(C)N2CCC(O)CC2)c1. The van der Waals surface area contributed by atoms with Crippen molar-refractivity contribution in [2.45, 2.75) is 31.9 Å². The van der Waals surface area contributed by atoms with E-state index in [4.69, 9.17) is 4.74 Å². The Labute approximate surface area is 103 Å². The molecule has 1 aliphatic heterocycles. The summed E-state index contributed by atoms with van der Waals surface area (Å²) in [5.74, 6) is 0.909. The average molecular weight is 235 g/mol. The van der Waals surface area contributed by atoms with Gasteiger partial charge in [-0.25, -0.2) is 0 Å². The number of aliphatic hydroxyl groups excluding tert-OH is 1. The van der Waals surface area contributed by atoms with Crippen LogP contribution in [0, 0.1) is 0 Å². The zero-order valence-electron chi connectivity index (χ0n) is 10.6. The second kappa shape index (κ2) is 5.52. The van der Waals surface area contributed by atoms with E-state index in [0.29, 0.717) is 6.04 Å².